The highest BCUT2D eigenvalue weighted by Crippen LogP contribution is 2.36. The van der Waals surface area contributed by atoms with E-state index < -0.39 is 0 Å². The average molecular weight is 276 g/mol. The van der Waals surface area contributed by atoms with Crippen LogP contribution in [0.5, 0.6) is 5.75 Å². The van der Waals surface area contributed by atoms with Gasteiger partial charge in [-0.1, -0.05) is 6.07 Å². The van der Waals surface area contributed by atoms with Gasteiger partial charge in [0, 0.05) is 6.04 Å². The first-order valence-corrected chi connectivity index (χ1v) is 7.57. The summed E-state index contributed by atoms with van der Waals surface area (Å²) in [7, 11) is 6.15. The van der Waals surface area contributed by atoms with E-state index >= 15 is 0 Å². The third-order valence-electron chi connectivity index (χ3n) is 4.49. The number of rotatable bonds is 4. The molecule has 1 N–H and O–H groups in total. The second-order valence-electron chi connectivity index (χ2n) is 6.17. The van der Waals surface area contributed by atoms with Crippen molar-refractivity contribution >= 4 is 0 Å². The van der Waals surface area contributed by atoms with Crippen LogP contribution in [0.15, 0.2) is 12.1 Å². The van der Waals surface area contributed by atoms with Gasteiger partial charge < -0.3 is 15.0 Å². The molecule has 1 heterocycles. The second kappa shape index (κ2) is 6.59. The Balaban J connectivity index is 2.36. The van der Waals surface area contributed by atoms with E-state index in [1.807, 2.05) is 0 Å². The fourth-order valence-corrected chi connectivity index (χ4v) is 3.46. The predicted molar refractivity (Wildman–Crippen MR) is 84.5 cm³/mol. The van der Waals surface area contributed by atoms with E-state index in [-0.39, 0.29) is 0 Å². The van der Waals surface area contributed by atoms with Gasteiger partial charge in [0.05, 0.1) is 7.11 Å². The van der Waals surface area contributed by atoms with E-state index in [1.54, 1.807) is 7.11 Å². The third kappa shape index (κ3) is 3.15. The lowest BCUT2D eigenvalue weighted by atomic mass is 9.83. The van der Waals surface area contributed by atoms with Crippen LogP contribution in [-0.4, -0.2) is 39.2 Å². The lowest BCUT2D eigenvalue weighted by molar-refractivity contribution is 0.177. The highest BCUT2D eigenvalue weighted by Gasteiger charge is 2.28. The Kier molecular flexibility index (Phi) is 5.06. The minimum Gasteiger partial charge on any atom is -0.496 e. The van der Waals surface area contributed by atoms with Gasteiger partial charge in [0.15, 0.2) is 0 Å². The Morgan fingerprint density at radius 2 is 1.80 bits per heavy atom. The van der Waals surface area contributed by atoms with Crippen LogP contribution in [0.2, 0.25) is 0 Å². The minimum absolute atomic E-state index is 0.502. The van der Waals surface area contributed by atoms with Gasteiger partial charge in [-0.2, -0.15) is 0 Å². The molecule has 2 rings (SSSR count). The molecule has 0 amide bonds. The van der Waals surface area contributed by atoms with E-state index in [9.17, 15) is 0 Å². The maximum atomic E-state index is 5.44. The molecule has 1 atom stereocenters. The Morgan fingerprint density at radius 1 is 1.15 bits per heavy atom. The summed E-state index contributed by atoms with van der Waals surface area (Å²) in [6.07, 6.45) is 2.51. The van der Waals surface area contributed by atoms with Gasteiger partial charge in [-0.15, -0.1) is 0 Å². The summed E-state index contributed by atoms with van der Waals surface area (Å²) in [5, 5.41) is 3.47. The quantitative estimate of drug-likeness (QED) is 0.915. The number of aryl methyl sites for hydroxylation is 2. The molecule has 0 aliphatic carbocycles. The van der Waals surface area contributed by atoms with Gasteiger partial charge in [-0.3, -0.25) is 0 Å². The summed E-state index contributed by atoms with van der Waals surface area (Å²) in [6, 6.07) is 5.00. The summed E-state index contributed by atoms with van der Waals surface area (Å²) in [4.78, 5) is 2.38. The Labute approximate surface area is 123 Å². The van der Waals surface area contributed by atoms with Crippen molar-refractivity contribution in [2.75, 3.05) is 34.3 Å². The molecule has 3 nitrogen and oxygen atoms in total. The summed E-state index contributed by atoms with van der Waals surface area (Å²) in [6.45, 7) is 6.62. The highest BCUT2D eigenvalue weighted by molar-refractivity contribution is 5.43. The van der Waals surface area contributed by atoms with Crippen LogP contribution in [0.25, 0.3) is 0 Å². The zero-order valence-corrected chi connectivity index (χ0v) is 13.5. The van der Waals surface area contributed by atoms with Crippen molar-refractivity contribution in [3.05, 3.63) is 28.8 Å². The van der Waals surface area contributed by atoms with Crippen LogP contribution in [0.4, 0.5) is 0 Å². The number of nitrogens with zero attached hydrogens (tertiary/aromatic N) is 1. The molecular weight excluding hydrogens is 248 g/mol. The molecule has 20 heavy (non-hydrogen) atoms. The van der Waals surface area contributed by atoms with E-state index in [0.717, 1.165) is 24.8 Å². The molecular formula is C17H28N2O. The first kappa shape index (κ1) is 15.3. The molecule has 0 saturated carbocycles. The number of piperidine rings is 1. The Bertz CT molecular complexity index is 451. The van der Waals surface area contributed by atoms with Gasteiger partial charge in [0.2, 0.25) is 0 Å². The van der Waals surface area contributed by atoms with Gasteiger partial charge >= 0.3 is 0 Å². The van der Waals surface area contributed by atoms with Gasteiger partial charge in [-0.25, -0.2) is 0 Å². The first-order valence-electron chi connectivity index (χ1n) is 7.57. The predicted octanol–water partition coefficient (Wildman–Crippen LogP) is 2.91. The zero-order chi connectivity index (χ0) is 14.7. The third-order valence-corrected chi connectivity index (χ3v) is 4.49. The summed E-state index contributed by atoms with van der Waals surface area (Å²) < 4.78 is 5.44. The summed E-state index contributed by atoms with van der Waals surface area (Å²) in [5.41, 5.74) is 4.03. The van der Waals surface area contributed by atoms with Crippen LogP contribution in [0.1, 0.15) is 35.6 Å². The molecule has 1 aromatic carbocycles. The molecule has 0 bridgehead atoms. The Hall–Kier alpha value is -1.06. The maximum absolute atomic E-state index is 5.44. The van der Waals surface area contributed by atoms with E-state index in [2.05, 4.69) is 50.3 Å². The van der Waals surface area contributed by atoms with Crippen LogP contribution in [-0.2, 0) is 0 Å². The van der Waals surface area contributed by atoms with Crippen molar-refractivity contribution in [3.63, 3.8) is 0 Å². The molecule has 1 unspecified atom stereocenters. The molecule has 0 radical (unpaired) electrons. The maximum Gasteiger partial charge on any atom is 0.122 e. The number of methoxy groups -OCH3 is 1. The van der Waals surface area contributed by atoms with Gasteiger partial charge in [-0.05, 0) is 82.5 Å². The molecule has 0 aromatic heterocycles. The van der Waals surface area contributed by atoms with Crippen molar-refractivity contribution in [2.24, 2.45) is 5.92 Å². The van der Waals surface area contributed by atoms with Crippen LogP contribution in [0, 0.1) is 19.8 Å². The summed E-state index contributed by atoms with van der Waals surface area (Å²) in [5.74, 6) is 1.73. The lowest BCUT2D eigenvalue weighted by Gasteiger charge is -2.36. The number of ether oxygens (including phenoxy) is 1. The lowest BCUT2D eigenvalue weighted by Crippen LogP contribution is -2.36. The van der Waals surface area contributed by atoms with E-state index in [1.165, 1.54) is 29.5 Å². The zero-order valence-electron chi connectivity index (χ0n) is 13.5. The normalized spacial score (nSPS) is 18.3. The van der Waals surface area contributed by atoms with E-state index in [0.29, 0.717) is 6.04 Å². The smallest absolute Gasteiger partial charge is 0.122 e. The van der Waals surface area contributed by atoms with Crippen molar-refractivity contribution < 1.29 is 4.74 Å². The molecule has 1 fully saturated rings. The van der Waals surface area contributed by atoms with E-state index in [4.69, 9.17) is 4.74 Å². The van der Waals surface area contributed by atoms with Gasteiger partial charge in [0.25, 0.3) is 0 Å². The topological polar surface area (TPSA) is 24.5 Å². The fourth-order valence-electron chi connectivity index (χ4n) is 3.46. The van der Waals surface area contributed by atoms with Crippen LogP contribution < -0.4 is 10.1 Å². The summed E-state index contributed by atoms with van der Waals surface area (Å²) >= 11 is 0. The first-order chi connectivity index (χ1) is 9.54. The standard InChI is InChI=1S/C17H28N2O/c1-12-11-16(20-5)13(2)10-15(12)17(19(3)4)14-6-8-18-9-7-14/h10-11,14,17-18H,6-9H2,1-5H3. The number of hydrogen-bond acceptors (Lipinski definition) is 3. The monoisotopic (exact) mass is 276 g/mol. The van der Waals surface area contributed by atoms with Gasteiger partial charge in [0.1, 0.15) is 5.75 Å². The molecule has 1 aliphatic heterocycles. The molecule has 1 saturated heterocycles. The number of benzene rings is 1. The van der Waals surface area contributed by atoms with Crippen molar-refractivity contribution in [3.8, 4) is 5.75 Å². The highest BCUT2D eigenvalue weighted by atomic mass is 16.5. The largest absolute Gasteiger partial charge is 0.496 e. The van der Waals surface area contributed by atoms with Crippen molar-refractivity contribution in [1.82, 2.24) is 10.2 Å². The molecule has 1 aliphatic rings. The molecule has 1 aromatic rings. The molecule has 0 spiro atoms. The van der Waals surface area contributed by atoms with Crippen molar-refractivity contribution in [1.29, 1.82) is 0 Å². The molecule has 112 valence electrons. The number of nitrogens with one attached hydrogen (secondary N) is 1. The van der Waals surface area contributed by atoms with Crippen LogP contribution >= 0.6 is 0 Å². The SMILES string of the molecule is COc1cc(C)c(C(C2CCNCC2)N(C)C)cc1C. The van der Waals surface area contributed by atoms with Crippen molar-refractivity contribution in [2.45, 2.75) is 32.7 Å². The Morgan fingerprint density at radius 3 is 2.35 bits per heavy atom. The number of hydrogen-bond donors (Lipinski definition) is 1. The molecule has 3 heteroatoms. The fraction of sp³-hybridized carbons (Fsp3) is 0.647. The average Bonchev–Trinajstić information content (AvgIpc) is 2.43. The second-order valence-corrected chi connectivity index (χ2v) is 6.17. The van der Waals surface area contributed by atoms with Crippen LogP contribution in [0.3, 0.4) is 0 Å². The minimum atomic E-state index is 0.502.